The van der Waals surface area contributed by atoms with Crippen LogP contribution in [0.1, 0.15) is 38.3 Å². The maximum atomic E-state index is 6.24. The number of nitrogens with zero attached hydrogens (tertiary/aromatic N) is 1. The Morgan fingerprint density at radius 3 is 2.29 bits per heavy atom. The molecule has 0 spiro atoms. The summed E-state index contributed by atoms with van der Waals surface area (Å²) in [5.74, 6) is 1.46. The molecule has 31 heavy (non-hydrogen) atoms. The quantitative estimate of drug-likeness (QED) is 0.306. The Balaban J connectivity index is 0.00000450. The van der Waals surface area contributed by atoms with E-state index in [2.05, 4.69) is 30.1 Å². The molecule has 0 aliphatic carbocycles. The Bertz CT molecular complexity index is 758. The first kappa shape index (κ1) is 30.1. The lowest BCUT2D eigenvalue weighted by molar-refractivity contribution is 0.269. The molecule has 0 aliphatic rings. The minimum absolute atomic E-state index is 0. The van der Waals surface area contributed by atoms with Crippen LogP contribution in [0.15, 0.2) is 36.4 Å². The van der Waals surface area contributed by atoms with Crippen molar-refractivity contribution >= 4 is 48.0 Å². The highest BCUT2D eigenvalue weighted by Crippen LogP contribution is 2.30. The van der Waals surface area contributed by atoms with E-state index in [0.29, 0.717) is 29.0 Å². The van der Waals surface area contributed by atoms with Gasteiger partial charge in [-0.1, -0.05) is 49.2 Å². The summed E-state index contributed by atoms with van der Waals surface area (Å²) in [6.07, 6.45) is 1.14. The third kappa shape index (κ3) is 10.5. The number of rotatable bonds is 13. The van der Waals surface area contributed by atoms with Gasteiger partial charge in [-0.05, 0) is 69.4 Å². The molecule has 8 heteroatoms. The van der Waals surface area contributed by atoms with Crippen LogP contribution in [0.2, 0.25) is 10.0 Å². The maximum absolute atomic E-state index is 6.24. The first-order valence-electron chi connectivity index (χ1n) is 10.3. The minimum Gasteiger partial charge on any atom is -0.490 e. The topological polar surface area (TPSA) is 33.7 Å². The molecule has 0 aromatic heterocycles. The fraction of sp³-hybridized carbons (Fsp3) is 0.478. The number of nitrogens with one attached hydrogen (secondary N) is 1. The molecule has 2 aromatic rings. The molecule has 0 fully saturated rings. The minimum atomic E-state index is 0. The van der Waals surface area contributed by atoms with Gasteiger partial charge in [-0.25, -0.2) is 0 Å². The van der Waals surface area contributed by atoms with Gasteiger partial charge in [-0.15, -0.1) is 24.8 Å². The van der Waals surface area contributed by atoms with Crippen molar-refractivity contribution in [2.75, 3.05) is 32.8 Å². The first-order valence-corrected chi connectivity index (χ1v) is 11.1. The average molecular weight is 512 g/mol. The van der Waals surface area contributed by atoms with E-state index >= 15 is 0 Å². The summed E-state index contributed by atoms with van der Waals surface area (Å²) in [6.45, 7) is 12.5. The summed E-state index contributed by atoms with van der Waals surface area (Å²) in [5.41, 5.74) is 2.06. The molecule has 0 saturated heterocycles. The lowest BCUT2D eigenvalue weighted by Crippen LogP contribution is -2.27. The van der Waals surface area contributed by atoms with Gasteiger partial charge in [-0.3, -0.25) is 0 Å². The summed E-state index contributed by atoms with van der Waals surface area (Å²) in [6, 6.07) is 11.5. The normalized spacial score (nSPS) is 10.4. The summed E-state index contributed by atoms with van der Waals surface area (Å²) in [5, 5.41) is 4.72. The standard InChI is InChI=1S/C23H32Cl2N2O2.2ClH/c1-4-27(5-2)13-7-12-26-16-18-8-11-22(23(14-18)28-6-3)29-17-19-9-10-20(24)15-21(19)25;;/h8-11,14-15,26H,4-7,12-13,16-17H2,1-3H3;2*1H. The Labute approximate surface area is 209 Å². The number of halogens is 4. The second-order valence-electron chi connectivity index (χ2n) is 6.80. The predicted octanol–water partition coefficient (Wildman–Crippen LogP) is 6.64. The van der Waals surface area contributed by atoms with E-state index in [1.165, 1.54) is 5.56 Å². The number of benzene rings is 2. The Morgan fingerprint density at radius 1 is 0.903 bits per heavy atom. The van der Waals surface area contributed by atoms with Gasteiger partial charge in [0.1, 0.15) is 6.61 Å². The third-order valence-electron chi connectivity index (χ3n) is 4.76. The highest BCUT2D eigenvalue weighted by molar-refractivity contribution is 6.35. The van der Waals surface area contributed by atoms with Crippen molar-refractivity contribution in [1.29, 1.82) is 0 Å². The van der Waals surface area contributed by atoms with Crippen molar-refractivity contribution in [3.63, 3.8) is 0 Å². The van der Waals surface area contributed by atoms with E-state index in [0.717, 1.165) is 50.5 Å². The van der Waals surface area contributed by atoms with E-state index in [1.54, 1.807) is 6.07 Å². The molecule has 2 aromatic carbocycles. The molecule has 2 rings (SSSR count). The number of hydrogen-bond donors (Lipinski definition) is 1. The second-order valence-corrected chi connectivity index (χ2v) is 7.64. The van der Waals surface area contributed by atoms with Crippen molar-refractivity contribution in [2.24, 2.45) is 0 Å². The fourth-order valence-corrected chi connectivity index (χ4v) is 3.51. The van der Waals surface area contributed by atoms with E-state index in [1.807, 2.05) is 31.2 Å². The molecule has 0 amide bonds. The van der Waals surface area contributed by atoms with Gasteiger partial charge in [0, 0.05) is 22.2 Å². The van der Waals surface area contributed by atoms with Gasteiger partial charge in [0.05, 0.1) is 6.61 Å². The Morgan fingerprint density at radius 2 is 1.65 bits per heavy atom. The van der Waals surface area contributed by atoms with E-state index < -0.39 is 0 Å². The van der Waals surface area contributed by atoms with Crippen molar-refractivity contribution in [3.05, 3.63) is 57.6 Å². The SMILES string of the molecule is CCOc1cc(CNCCCN(CC)CC)ccc1OCc1ccc(Cl)cc1Cl.Cl.Cl. The average Bonchev–Trinajstić information content (AvgIpc) is 2.71. The van der Waals surface area contributed by atoms with Crippen molar-refractivity contribution in [2.45, 2.75) is 40.3 Å². The molecule has 0 radical (unpaired) electrons. The second kappa shape index (κ2) is 16.7. The van der Waals surface area contributed by atoms with Crippen molar-refractivity contribution < 1.29 is 9.47 Å². The maximum Gasteiger partial charge on any atom is 0.161 e. The summed E-state index contributed by atoms with van der Waals surface area (Å²) >= 11 is 12.2. The summed E-state index contributed by atoms with van der Waals surface area (Å²) < 4.78 is 11.8. The van der Waals surface area contributed by atoms with Gasteiger partial charge < -0.3 is 19.7 Å². The van der Waals surface area contributed by atoms with Crippen molar-refractivity contribution in [3.8, 4) is 11.5 Å². The van der Waals surface area contributed by atoms with E-state index in [-0.39, 0.29) is 24.8 Å². The zero-order valence-electron chi connectivity index (χ0n) is 18.5. The molecule has 4 nitrogen and oxygen atoms in total. The predicted molar refractivity (Wildman–Crippen MR) is 137 cm³/mol. The zero-order valence-corrected chi connectivity index (χ0v) is 21.6. The van der Waals surface area contributed by atoms with Gasteiger partial charge in [-0.2, -0.15) is 0 Å². The highest BCUT2D eigenvalue weighted by Gasteiger charge is 2.09. The van der Waals surface area contributed by atoms with Gasteiger partial charge in [0.15, 0.2) is 11.5 Å². The molecule has 176 valence electrons. The lowest BCUT2D eigenvalue weighted by atomic mass is 10.2. The molecular formula is C23H34Cl4N2O2. The largest absolute Gasteiger partial charge is 0.490 e. The lowest BCUT2D eigenvalue weighted by Gasteiger charge is -2.18. The molecule has 1 N–H and O–H groups in total. The van der Waals surface area contributed by atoms with Crippen LogP contribution in [-0.4, -0.2) is 37.7 Å². The Kier molecular flexibility index (Phi) is 16.2. The van der Waals surface area contributed by atoms with Gasteiger partial charge in [0.2, 0.25) is 0 Å². The van der Waals surface area contributed by atoms with E-state index in [9.17, 15) is 0 Å². The smallest absolute Gasteiger partial charge is 0.161 e. The molecule has 0 bridgehead atoms. The first-order chi connectivity index (χ1) is 14.1. The van der Waals surface area contributed by atoms with Crippen molar-refractivity contribution in [1.82, 2.24) is 10.2 Å². The van der Waals surface area contributed by atoms with E-state index in [4.69, 9.17) is 32.7 Å². The van der Waals surface area contributed by atoms with Crippen LogP contribution in [-0.2, 0) is 13.2 Å². The van der Waals surface area contributed by atoms with Gasteiger partial charge >= 0.3 is 0 Å². The number of hydrogen-bond acceptors (Lipinski definition) is 4. The summed E-state index contributed by atoms with van der Waals surface area (Å²) in [4.78, 5) is 2.44. The van der Waals surface area contributed by atoms with Gasteiger partial charge in [0.25, 0.3) is 0 Å². The molecule has 0 atom stereocenters. The molecule has 0 saturated carbocycles. The zero-order chi connectivity index (χ0) is 21.1. The molecule has 0 heterocycles. The molecule has 0 unspecified atom stereocenters. The molecule has 0 aliphatic heterocycles. The van der Waals surface area contributed by atoms with Crippen LogP contribution in [0.4, 0.5) is 0 Å². The van der Waals surface area contributed by atoms with Crippen LogP contribution < -0.4 is 14.8 Å². The van der Waals surface area contributed by atoms with Crippen LogP contribution in [0.5, 0.6) is 11.5 Å². The monoisotopic (exact) mass is 510 g/mol. The third-order valence-corrected chi connectivity index (χ3v) is 5.34. The highest BCUT2D eigenvalue weighted by atomic mass is 35.5. The number of ether oxygens (including phenoxy) is 2. The summed E-state index contributed by atoms with van der Waals surface area (Å²) in [7, 11) is 0. The molecular weight excluding hydrogens is 478 g/mol. The Hall–Kier alpha value is -0.880. The fourth-order valence-electron chi connectivity index (χ4n) is 3.04. The van der Waals surface area contributed by atoms with Crippen LogP contribution in [0.25, 0.3) is 0 Å². The van der Waals surface area contributed by atoms with Crippen LogP contribution >= 0.6 is 48.0 Å². The van der Waals surface area contributed by atoms with Crippen LogP contribution in [0, 0.1) is 0 Å². The van der Waals surface area contributed by atoms with Crippen LogP contribution in [0.3, 0.4) is 0 Å².